The lowest BCUT2D eigenvalue weighted by atomic mass is 10.0. The number of nitrogens with one attached hydrogen (secondary N) is 1. The fraction of sp³-hybridized carbons (Fsp3) is 0.714. The fourth-order valence-corrected chi connectivity index (χ4v) is 3.18. The molecule has 0 radical (unpaired) electrons. The number of alkyl halides is 2. The standard InChI is InChI=1S/C21H33F2N3O2/c1-21(2,3)28-20(27)26-15-7-8-16-10-11-17(25-19(16)26)9-5-4-6-13-24-14-12-18(22)23/h10-11,18,24H,4-9,12-15H2,1-3H3. The van der Waals surface area contributed by atoms with Gasteiger partial charge >= 0.3 is 6.09 Å². The second-order valence-corrected chi connectivity index (χ2v) is 8.26. The Morgan fingerprint density at radius 2 is 2.04 bits per heavy atom. The molecule has 1 N–H and O–H groups in total. The summed E-state index contributed by atoms with van der Waals surface area (Å²) in [5.41, 5.74) is 1.53. The number of anilines is 1. The molecule has 1 aliphatic heterocycles. The minimum atomic E-state index is -2.23. The topological polar surface area (TPSA) is 54.5 Å². The molecule has 2 rings (SSSR count). The zero-order chi connectivity index (χ0) is 20.6. The summed E-state index contributed by atoms with van der Waals surface area (Å²) >= 11 is 0. The first kappa shape index (κ1) is 22.5. The molecule has 28 heavy (non-hydrogen) atoms. The SMILES string of the molecule is CC(C)(C)OC(=O)N1CCCc2ccc(CCCCCNCCC(F)F)nc21. The van der Waals surface area contributed by atoms with Crippen molar-refractivity contribution in [1.29, 1.82) is 0 Å². The highest BCUT2D eigenvalue weighted by Crippen LogP contribution is 2.27. The number of ether oxygens (including phenoxy) is 1. The molecule has 1 aliphatic rings. The number of pyridine rings is 1. The predicted octanol–water partition coefficient (Wildman–Crippen LogP) is 4.73. The van der Waals surface area contributed by atoms with Gasteiger partial charge in [0.05, 0.1) is 0 Å². The molecule has 0 spiro atoms. The maximum absolute atomic E-state index is 12.5. The van der Waals surface area contributed by atoms with Crippen molar-refractivity contribution in [2.24, 2.45) is 0 Å². The molecule has 1 aromatic heterocycles. The fourth-order valence-electron chi connectivity index (χ4n) is 3.18. The van der Waals surface area contributed by atoms with Crippen LogP contribution in [0.4, 0.5) is 19.4 Å². The van der Waals surface area contributed by atoms with E-state index in [1.807, 2.05) is 26.8 Å². The minimum absolute atomic E-state index is 0.0901. The highest BCUT2D eigenvalue weighted by molar-refractivity contribution is 5.88. The summed E-state index contributed by atoms with van der Waals surface area (Å²) in [6.45, 7) is 7.34. The summed E-state index contributed by atoms with van der Waals surface area (Å²) in [7, 11) is 0. The maximum atomic E-state index is 12.5. The van der Waals surface area contributed by atoms with E-state index in [0.29, 0.717) is 13.1 Å². The molecule has 0 atom stereocenters. The third-order valence-electron chi connectivity index (χ3n) is 4.54. The van der Waals surface area contributed by atoms with Crippen LogP contribution in [0.1, 0.15) is 64.1 Å². The number of aromatic nitrogens is 1. The Kier molecular flexibility index (Phi) is 8.60. The normalized spacial score (nSPS) is 14.3. The van der Waals surface area contributed by atoms with Crippen LogP contribution in [0.3, 0.4) is 0 Å². The summed E-state index contributed by atoms with van der Waals surface area (Å²) < 4.78 is 29.6. The van der Waals surface area contributed by atoms with Crippen LogP contribution >= 0.6 is 0 Å². The number of halogens is 2. The van der Waals surface area contributed by atoms with E-state index in [1.165, 1.54) is 0 Å². The number of carbonyl (C=O) groups excluding carboxylic acids is 1. The number of nitrogens with zero attached hydrogens (tertiary/aromatic N) is 2. The Balaban J connectivity index is 1.82. The van der Waals surface area contributed by atoms with Crippen LogP contribution in [0.25, 0.3) is 0 Å². The van der Waals surface area contributed by atoms with E-state index < -0.39 is 12.0 Å². The van der Waals surface area contributed by atoms with Gasteiger partial charge in [-0.1, -0.05) is 12.5 Å². The van der Waals surface area contributed by atoms with Gasteiger partial charge in [-0.15, -0.1) is 0 Å². The van der Waals surface area contributed by atoms with Gasteiger partial charge in [-0.25, -0.2) is 18.6 Å². The largest absolute Gasteiger partial charge is 0.443 e. The maximum Gasteiger partial charge on any atom is 0.416 e. The van der Waals surface area contributed by atoms with Crippen LogP contribution in [0.2, 0.25) is 0 Å². The van der Waals surface area contributed by atoms with Crippen molar-refractivity contribution in [1.82, 2.24) is 10.3 Å². The average Bonchev–Trinajstić information content (AvgIpc) is 2.61. The van der Waals surface area contributed by atoms with Gasteiger partial charge < -0.3 is 10.1 Å². The van der Waals surface area contributed by atoms with Crippen molar-refractivity contribution in [3.63, 3.8) is 0 Å². The second-order valence-electron chi connectivity index (χ2n) is 8.26. The summed E-state index contributed by atoms with van der Waals surface area (Å²) in [6, 6.07) is 4.11. The number of amides is 1. The molecule has 0 saturated heterocycles. The molecule has 0 aliphatic carbocycles. The van der Waals surface area contributed by atoms with E-state index in [2.05, 4.69) is 11.4 Å². The van der Waals surface area contributed by atoms with Crippen LogP contribution in [-0.4, -0.2) is 42.7 Å². The van der Waals surface area contributed by atoms with Crippen molar-refractivity contribution in [2.75, 3.05) is 24.5 Å². The molecule has 0 aromatic carbocycles. The molecular formula is C21H33F2N3O2. The summed E-state index contributed by atoms with van der Waals surface area (Å²) in [6.07, 6.45) is 2.96. The van der Waals surface area contributed by atoms with Gasteiger partial charge in [0, 0.05) is 25.2 Å². The molecule has 0 unspecified atom stereocenters. The lowest BCUT2D eigenvalue weighted by Crippen LogP contribution is -2.40. The second kappa shape index (κ2) is 10.7. The number of rotatable bonds is 9. The molecule has 5 nitrogen and oxygen atoms in total. The molecule has 2 heterocycles. The van der Waals surface area contributed by atoms with Crippen LogP contribution in [0.5, 0.6) is 0 Å². The van der Waals surface area contributed by atoms with Gasteiger partial charge in [0.2, 0.25) is 6.43 Å². The van der Waals surface area contributed by atoms with E-state index >= 15 is 0 Å². The Morgan fingerprint density at radius 1 is 1.25 bits per heavy atom. The molecular weight excluding hydrogens is 364 g/mol. The molecule has 1 amide bonds. The zero-order valence-electron chi connectivity index (χ0n) is 17.3. The van der Waals surface area contributed by atoms with Crippen molar-refractivity contribution < 1.29 is 18.3 Å². The van der Waals surface area contributed by atoms with Gasteiger partial charge in [-0.3, -0.25) is 4.90 Å². The summed E-state index contributed by atoms with van der Waals surface area (Å²) in [5.74, 6) is 0.728. The smallest absolute Gasteiger partial charge is 0.416 e. The predicted molar refractivity (Wildman–Crippen MR) is 107 cm³/mol. The summed E-state index contributed by atoms with van der Waals surface area (Å²) in [4.78, 5) is 18.9. The Morgan fingerprint density at radius 3 is 2.75 bits per heavy atom. The minimum Gasteiger partial charge on any atom is -0.443 e. The quantitative estimate of drug-likeness (QED) is 0.612. The van der Waals surface area contributed by atoms with Crippen LogP contribution < -0.4 is 10.2 Å². The van der Waals surface area contributed by atoms with E-state index in [9.17, 15) is 13.6 Å². The lowest BCUT2D eigenvalue weighted by molar-refractivity contribution is 0.0576. The number of fused-ring (bicyclic) bond motifs is 1. The highest BCUT2D eigenvalue weighted by atomic mass is 19.3. The number of hydrogen-bond acceptors (Lipinski definition) is 4. The Labute approximate surface area is 166 Å². The molecule has 158 valence electrons. The van der Waals surface area contributed by atoms with Gasteiger partial charge in [0.1, 0.15) is 11.4 Å². The van der Waals surface area contributed by atoms with Gasteiger partial charge in [-0.2, -0.15) is 0 Å². The van der Waals surface area contributed by atoms with Gasteiger partial charge in [-0.05, 0) is 71.0 Å². The number of aryl methyl sites for hydroxylation is 2. The van der Waals surface area contributed by atoms with Crippen molar-refractivity contribution in [3.8, 4) is 0 Å². The van der Waals surface area contributed by atoms with Crippen LogP contribution in [0, 0.1) is 0 Å². The molecule has 1 aromatic rings. The highest BCUT2D eigenvalue weighted by Gasteiger charge is 2.28. The van der Waals surface area contributed by atoms with Crippen LogP contribution in [-0.2, 0) is 17.6 Å². The van der Waals surface area contributed by atoms with E-state index in [1.54, 1.807) is 4.90 Å². The third kappa shape index (κ3) is 7.70. The van der Waals surface area contributed by atoms with Gasteiger partial charge in [0.15, 0.2) is 0 Å². The lowest BCUT2D eigenvalue weighted by Gasteiger charge is -2.31. The first-order valence-electron chi connectivity index (χ1n) is 10.2. The summed E-state index contributed by atoms with van der Waals surface area (Å²) in [5, 5.41) is 3.04. The molecule has 7 heteroatoms. The number of hydrogen-bond donors (Lipinski definition) is 1. The monoisotopic (exact) mass is 397 g/mol. The number of carbonyl (C=O) groups is 1. The van der Waals surface area contributed by atoms with E-state index in [4.69, 9.17) is 9.72 Å². The van der Waals surface area contributed by atoms with Gasteiger partial charge in [0.25, 0.3) is 0 Å². The van der Waals surface area contributed by atoms with Crippen molar-refractivity contribution in [2.45, 2.75) is 77.7 Å². The van der Waals surface area contributed by atoms with E-state index in [-0.39, 0.29) is 12.5 Å². The Hall–Kier alpha value is -1.76. The molecule has 0 saturated carbocycles. The average molecular weight is 398 g/mol. The zero-order valence-corrected chi connectivity index (χ0v) is 17.3. The van der Waals surface area contributed by atoms with Crippen molar-refractivity contribution in [3.05, 3.63) is 23.4 Å². The third-order valence-corrected chi connectivity index (χ3v) is 4.54. The first-order valence-corrected chi connectivity index (χ1v) is 10.2. The van der Waals surface area contributed by atoms with Crippen LogP contribution in [0.15, 0.2) is 12.1 Å². The molecule has 0 fully saturated rings. The van der Waals surface area contributed by atoms with E-state index in [0.717, 1.165) is 62.1 Å². The molecule has 0 bridgehead atoms. The Bertz CT molecular complexity index is 633. The van der Waals surface area contributed by atoms with Crippen molar-refractivity contribution >= 4 is 11.9 Å². The number of unbranched alkanes of at least 4 members (excludes halogenated alkanes) is 2. The first-order chi connectivity index (χ1) is 13.3.